The van der Waals surface area contributed by atoms with Gasteiger partial charge in [-0.25, -0.2) is 0 Å². The van der Waals surface area contributed by atoms with E-state index in [0.717, 1.165) is 18.4 Å². The molecule has 2 aliphatic rings. The van der Waals surface area contributed by atoms with Crippen LogP contribution in [0, 0.1) is 11.8 Å². The first-order valence-corrected chi connectivity index (χ1v) is 5.71. The summed E-state index contributed by atoms with van der Waals surface area (Å²) in [5.41, 5.74) is 6.01. The Morgan fingerprint density at radius 1 is 1.21 bits per heavy atom. The molecule has 0 saturated carbocycles. The molecule has 1 aliphatic heterocycles. The monoisotopic (exact) mass is 194 g/mol. The maximum atomic E-state index is 6.05. The first kappa shape index (κ1) is 10.2. The number of hydrogen-bond acceptors (Lipinski definition) is 2. The predicted octanol–water partition coefficient (Wildman–Crippen LogP) is 1.62. The van der Waals surface area contributed by atoms with Crippen molar-refractivity contribution in [2.75, 3.05) is 19.6 Å². The lowest BCUT2D eigenvalue weighted by Crippen LogP contribution is -2.44. The minimum Gasteiger partial charge on any atom is -0.324 e. The molecule has 2 N–H and O–H groups in total. The van der Waals surface area contributed by atoms with Gasteiger partial charge in [-0.1, -0.05) is 12.2 Å². The second kappa shape index (κ2) is 3.67. The predicted molar refractivity (Wildman–Crippen MR) is 60.1 cm³/mol. The van der Waals surface area contributed by atoms with Crippen molar-refractivity contribution in [3.8, 4) is 0 Å². The molecule has 0 radical (unpaired) electrons. The van der Waals surface area contributed by atoms with Crippen LogP contribution in [0.5, 0.6) is 0 Å². The molecular weight excluding hydrogens is 172 g/mol. The molecule has 0 bridgehead atoms. The molecule has 0 aromatic rings. The van der Waals surface area contributed by atoms with Crippen molar-refractivity contribution in [2.45, 2.75) is 32.2 Å². The van der Waals surface area contributed by atoms with E-state index < -0.39 is 0 Å². The van der Waals surface area contributed by atoms with Crippen LogP contribution in [0.3, 0.4) is 0 Å². The minimum atomic E-state index is -0.0408. The molecule has 1 aliphatic carbocycles. The van der Waals surface area contributed by atoms with Crippen molar-refractivity contribution in [3.05, 3.63) is 12.2 Å². The van der Waals surface area contributed by atoms with Gasteiger partial charge in [0, 0.05) is 25.2 Å². The first-order valence-electron chi connectivity index (χ1n) is 5.71. The number of fused-ring (bicyclic) bond motifs is 1. The fourth-order valence-electron chi connectivity index (χ4n) is 2.82. The molecule has 80 valence electrons. The summed E-state index contributed by atoms with van der Waals surface area (Å²) in [5.74, 6) is 1.81. The fraction of sp³-hybridized carbons (Fsp3) is 0.833. The summed E-state index contributed by atoms with van der Waals surface area (Å²) in [6.45, 7) is 7.80. The highest BCUT2D eigenvalue weighted by Gasteiger charge is 2.33. The van der Waals surface area contributed by atoms with Crippen molar-refractivity contribution in [1.29, 1.82) is 0 Å². The van der Waals surface area contributed by atoms with Gasteiger partial charge in [0.05, 0.1) is 0 Å². The molecule has 1 saturated heterocycles. The highest BCUT2D eigenvalue weighted by molar-refractivity contribution is 5.00. The molecule has 2 nitrogen and oxygen atoms in total. The molecule has 0 aromatic carbocycles. The lowest BCUT2D eigenvalue weighted by molar-refractivity contribution is 0.260. The summed E-state index contributed by atoms with van der Waals surface area (Å²) >= 11 is 0. The zero-order valence-corrected chi connectivity index (χ0v) is 9.37. The maximum Gasteiger partial charge on any atom is 0.0226 e. The van der Waals surface area contributed by atoms with E-state index in [1.807, 2.05) is 0 Å². The Hall–Kier alpha value is -0.340. The summed E-state index contributed by atoms with van der Waals surface area (Å²) in [6.07, 6.45) is 7.26. The lowest BCUT2D eigenvalue weighted by Gasteiger charge is -2.26. The van der Waals surface area contributed by atoms with Crippen LogP contribution in [0.15, 0.2) is 12.2 Å². The fourth-order valence-corrected chi connectivity index (χ4v) is 2.82. The molecule has 14 heavy (non-hydrogen) atoms. The Bertz CT molecular complexity index is 211. The van der Waals surface area contributed by atoms with E-state index in [-0.39, 0.29) is 5.54 Å². The van der Waals surface area contributed by atoms with E-state index in [4.69, 9.17) is 5.73 Å². The smallest absolute Gasteiger partial charge is 0.0226 e. The van der Waals surface area contributed by atoms with Crippen LogP contribution in [0.1, 0.15) is 26.7 Å². The molecule has 2 rings (SSSR count). The van der Waals surface area contributed by atoms with Crippen LogP contribution in [0.4, 0.5) is 0 Å². The van der Waals surface area contributed by atoms with Gasteiger partial charge in [-0.05, 0) is 38.5 Å². The van der Waals surface area contributed by atoms with Gasteiger partial charge in [0.25, 0.3) is 0 Å². The second-order valence-electron chi connectivity index (χ2n) is 5.65. The number of allylic oxidation sites excluding steroid dienone is 2. The van der Waals surface area contributed by atoms with Gasteiger partial charge >= 0.3 is 0 Å². The van der Waals surface area contributed by atoms with Gasteiger partial charge in [-0.2, -0.15) is 0 Å². The molecule has 1 fully saturated rings. The highest BCUT2D eigenvalue weighted by Crippen LogP contribution is 2.32. The third-order valence-corrected chi connectivity index (χ3v) is 3.33. The Labute approximate surface area is 87.2 Å². The Morgan fingerprint density at radius 3 is 2.14 bits per heavy atom. The van der Waals surface area contributed by atoms with Crippen LogP contribution in [-0.4, -0.2) is 30.1 Å². The minimum absolute atomic E-state index is 0.0408. The topological polar surface area (TPSA) is 29.3 Å². The van der Waals surface area contributed by atoms with Crippen LogP contribution >= 0.6 is 0 Å². The molecule has 2 heteroatoms. The first-order chi connectivity index (χ1) is 6.54. The van der Waals surface area contributed by atoms with Crippen molar-refractivity contribution < 1.29 is 0 Å². The quantitative estimate of drug-likeness (QED) is 0.677. The molecule has 0 aromatic heterocycles. The van der Waals surface area contributed by atoms with Gasteiger partial charge in [-0.15, -0.1) is 0 Å². The van der Waals surface area contributed by atoms with Crippen molar-refractivity contribution in [2.24, 2.45) is 17.6 Å². The SMILES string of the molecule is CC(C)(N)CN1CC2CC=CCC2C1. The van der Waals surface area contributed by atoms with Crippen molar-refractivity contribution >= 4 is 0 Å². The molecule has 2 unspecified atom stereocenters. The Balaban J connectivity index is 1.89. The summed E-state index contributed by atoms with van der Waals surface area (Å²) in [6, 6.07) is 0. The number of nitrogens with zero attached hydrogens (tertiary/aromatic N) is 1. The number of rotatable bonds is 2. The summed E-state index contributed by atoms with van der Waals surface area (Å²) in [7, 11) is 0. The van der Waals surface area contributed by atoms with E-state index in [1.54, 1.807) is 0 Å². The van der Waals surface area contributed by atoms with Crippen LogP contribution in [0.25, 0.3) is 0 Å². The highest BCUT2D eigenvalue weighted by atomic mass is 15.2. The van der Waals surface area contributed by atoms with Crippen molar-refractivity contribution in [1.82, 2.24) is 4.90 Å². The van der Waals surface area contributed by atoms with Gasteiger partial charge in [0.15, 0.2) is 0 Å². The number of hydrogen-bond donors (Lipinski definition) is 1. The van der Waals surface area contributed by atoms with Gasteiger partial charge < -0.3 is 10.6 Å². The zero-order chi connectivity index (χ0) is 10.2. The standard InChI is InChI=1S/C12H22N2/c1-12(2,13)9-14-7-10-5-3-4-6-11(10)8-14/h3-4,10-11H,5-9,13H2,1-2H3. The molecule has 1 heterocycles. The number of likely N-dealkylation sites (tertiary alicyclic amines) is 1. The maximum absolute atomic E-state index is 6.05. The van der Waals surface area contributed by atoms with Gasteiger partial charge in [0.1, 0.15) is 0 Å². The van der Waals surface area contributed by atoms with Crippen molar-refractivity contribution in [3.63, 3.8) is 0 Å². The largest absolute Gasteiger partial charge is 0.324 e. The molecular formula is C12H22N2. The van der Waals surface area contributed by atoms with E-state index in [9.17, 15) is 0 Å². The van der Waals surface area contributed by atoms with Gasteiger partial charge in [0.2, 0.25) is 0 Å². The van der Waals surface area contributed by atoms with E-state index in [0.29, 0.717) is 0 Å². The normalized spacial score (nSPS) is 33.4. The summed E-state index contributed by atoms with van der Waals surface area (Å²) in [5, 5.41) is 0. The molecule has 2 atom stereocenters. The Kier molecular flexibility index (Phi) is 2.67. The van der Waals surface area contributed by atoms with Gasteiger partial charge in [-0.3, -0.25) is 0 Å². The summed E-state index contributed by atoms with van der Waals surface area (Å²) in [4.78, 5) is 2.54. The third kappa shape index (κ3) is 2.37. The Morgan fingerprint density at radius 2 is 1.71 bits per heavy atom. The second-order valence-corrected chi connectivity index (χ2v) is 5.65. The van der Waals surface area contributed by atoms with Crippen LogP contribution in [0.2, 0.25) is 0 Å². The third-order valence-electron chi connectivity index (χ3n) is 3.33. The molecule has 0 amide bonds. The van der Waals surface area contributed by atoms with Crippen LogP contribution < -0.4 is 5.73 Å². The zero-order valence-electron chi connectivity index (χ0n) is 9.37. The van der Waals surface area contributed by atoms with E-state index in [2.05, 4.69) is 30.9 Å². The lowest BCUT2D eigenvalue weighted by atomic mass is 9.86. The molecule has 0 spiro atoms. The summed E-state index contributed by atoms with van der Waals surface area (Å²) < 4.78 is 0. The number of nitrogens with two attached hydrogens (primary N) is 1. The average Bonchev–Trinajstić information content (AvgIpc) is 2.42. The van der Waals surface area contributed by atoms with E-state index >= 15 is 0 Å². The van der Waals surface area contributed by atoms with Crippen LogP contribution in [-0.2, 0) is 0 Å². The average molecular weight is 194 g/mol. The van der Waals surface area contributed by atoms with E-state index in [1.165, 1.54) is 25.9 Å².